The second-order valence-electron chi connectivity index (χ2n) is 4.38. The average Bonchev–Trinajstić information content (AvgIpc) is 3.17. The molecule has 0 aromatic heterocycles. The van der Waals surface area contributed by atoms with E-state index in [1.165, 1.54) is 4.90 Å². The van der Waals surface area contributed by atoms with Crippen molar-refractivity contribution in [3.63, 3.8) is 0 Å². The fourth-order valence-electron chi connectivity index (χ4n) is 1.92. The summed E-state index contributed by atoms with van der Waals surface area (Å²) in [5.41, 5.74) is 0.800. The number of carboxylic acids is 1. The third kappa shape index (κ3) is 2.51. The number of thioether (sulfide) groups is 1. The molecule has 1 aromatic rings. The highest BCUT2D eigenvalue weighted by atomic mass is 32.2. The lowest BCUT2D eigenvalue weighted by atomic mass is 10.2. The first-order valence-electron chi connectivity index (χ1n) is 5.69. The maximum Gasteiger partial charge on any atom is 0.307 e. The smallest absolute Gasteiger partial charge is 0.307 e. The zero-order valence-corrected chi connectivity index (χ0v) is 11.1. The van der Waals surface area contributed by atoms with Crippen LogP contribution in [0.15, 0.2) is 29.2 Å². The number of rotatable bonds is 4. The normalized spacial score (nSPS) is 21.4. The second kappa shape index (κ2) is 5.02. The first-order chi connectivity index (χ1) is 8.54. The standard InChI is InChI=1S/C13H15NO3S/c1-14(8-3-5-9(18-2)6-4-8)12(15)10-7-11(10)13(16)17/h3-6,10-11H,7H2,1-2H3,(H,16,17). The Morgan fingerprint density at radius 2 is 1.89 bits per heavy atom. The summed E-state index contributed by atoms with van der Waals surface area (Å²) in [6.45, 7) is 0. The largest absolute Gasteiger partial charge is 0.481 e. The third-order valence-corrected chi connectivity index (χ3v) is 3.96. The van der Waals surface area contributed by atoms with E-state index in [1.807, 2.05) is 30.5 Å². The van der Waals surface area contributed by atoms with Crippen molar-refractivity contribution in [2.45, 2.75) is 11.3 Å². The lowest BCUT2D eigenvalue weighted by Crippen LogP contribution is -2.28. The van der Waals surface area contributed by atoms with Crippen LogP contribution in [0.5, 0.6) is 0 Å². The summed E-state index contributed by atoms with van der Waals surface area (Å²) in [6.07, 6.45) is 2.45. The van der Waals surface area contributed by atoms with Gasteiger partial charge in [0.15, 0.2) is 0 Å². The Morgan fingerprint density at radius 1 is 1.28 bits per heavy atom. The van der Waals surface area contributed by atoms with Crippen LogP contribution < -0.4 is 4.90 Å². The number of hydrogen-bond donors (Lipinski definition) is 1. The van der Waals surface area contributed by atoms with Crippen molar-refractivity contribution in [3.8, 4) is 0 Å². The van der Waals surface area contributed by atoms with Gasteiger partial charge < -0.3 is 10.0 Å². The Bertz CT molecular complexity index is 472. The summed E-state index contributed by atoms with van der Waals surface area (Å²) in [4.78, 5) is 25.5. The lowest BCUT2D eigenvalue weighted by Gasteiger charge is -2.17. The minimum absolute atomic E-state index is 0.112. The van der Waals surface area contributed by atoms with Crippen molar-refractivity contribution in [1.29, 1.82) is 0 Å². The van der Waals surface area contributed by atoms with Crippen LogP contribution in [0.3, 0.4) is 0 Å². The summed E-state index contributed by atoms with van der Waals surface area (Å²) in [6, 6.07) is 7.65. The van der Waals surface area contributed by atoms with Gasteiger partial charge in [0, 0.05) is 17.6 Å². The highest BCUT2D eigenvalue weighted by Gasteiger charge is 2.49. The van der Waals surface area contributed by atoms with Gasteiger partial charge in [-0.05, 0) is 36.9 Å². The highest BCUT2D eigenvalue weighted by molar-refractivity contribution is 7.98. The topological polar surface area (TPSA) is 57.6 Å². The van der Waals surface area contributed by atoms with Crippen molar-refractivity contribution in [2.24, 2.45) is 11.8 Å². The number of carbonyl (C=O) groups is 2. The van der Waals surface area contributed by atoms with Crippen molar-refractivity contribution in [1.82, 2.24) is 0 Å². The van der Waals surface area contributed by atoms with E-state index in [-0.39, 0.29) is 11.8 Å². The Hall–Kier alpha value is -1.49. The molecule has 5 heteroatoms. The quantitative estimate of drug-likeness (QED) is 0.847. The van der Waals surface area contributed by atoms with E-state index in [2.05, 4.69) is 0 Å². The summed E-state index contributed by atoms with van der Waals surface area (Å²) < 4.78 is 0. The van der Waals surface area contributed by atoms with Gasteiger partial charge in [-0.1, -0.05) is 0 Å². The molecule has 0 saturated heterocycles. The molecule has 1 saturated carbocycles. The van der Waals surface area contributed by atoms with Crippen LogP contribution in [0.1, 0.15) is 6.42 Å². The molecule has 0 bridgehead atoms. The molecule has 2 unspecified atom stereocenters. The molecule has 1 aliphatic carbocycles. The molecule has 2 atom stereocenters. The monoisotopic (exact) mass is 265 g/mol. The highest BCUT2D eigenvalue weighted by Crippen LogP contribution is 2.40. The van der Waals surface area contributed by atoms with E-state index in [1.54, 1.807) is 18.8 Å². The number of benzene rings is 1. The van der Waals surface area contributed by atoms with Crippen LogP contribution in [0, 0.1) is 11.8 Å². The summed E-state index contributed by atoms with van der Waals surface area (Å²) >= 11 is 1.64. The summed E-state index contributed by atoms with van der Waals surface area (Å²) in [5, 5.41) is 8.82. The maximum atomic E-state index is 12.0. The van der Waals surface area contributed by atoms with Gasteiger partial charge in [0.1, 0.15) is 0 Å². The Balaban J connectivity index is 2.04. The van der Waals surface area contributed by atoms with Crippen LogP contribution in [0.4, 0.5) is 5.69 Å². The number of aliphatic carboxylic acids is 1. The molecule has 4 nitrogen and oxygen atoms in total. The SMILES string of the molecule is CSc1ccc(N(C)C(=O)C2CC2C(=O)O)cc1. The molecule has 1 aliphatic rings. The molecule has 96 valence electrons. The van der Waals surface area contributed by atoms with Crippen LogP contribution in [0.25, 0.3) is 0 Å². The van der Waals surface area contributed by atoms with Crippen LogP contribution >= 0.6 is 11.8 Å². The van der Waals surface area contributed by atoms with Gasteiger partial charge in [-0.25, -0.2) is 0 Å². The molecular weight excluding hydrogens is 250 g/mol. The Morgan fingerprint density at radius 3 is 2.33 bits per heavy atom. The van der Waals surface area contributed by atoms with E-state index in [4.69, 9.17) is 5.11 Å². The zero-order valence-electron chi connectivity index (χ0n) is 10.3. The average molecular weight is 265 g/mol. The molecular formula is C13H15NO3S. The van der Waals surface area contributed by atoms with Gasteiger partial charge in [-0.2, -0.15) is 0 Å². The number of hydrogen-bond acceptors (Lipinski definition) is 3. The van der Waals surface area contributed by atoms with E-state index in [0.29, 0.717) is 6.42 Å². The van der Waals surface area contributed by atoms with Crippen LogP contribution in [0.2, 0.25) is 0 Å². The van der Waals surface area contributed by atoms with E-state index >= 15 is 0 Å². The van der Waals surface area contributed by atoms with Gasteiger partial charge in [-0.3, -0.25) is 9.59 Å². The van der Waals surface area contributed by atoms with E-state index in [9.17, 15) is 9.59 Å². The van der Waals surface area contributed by atoms with Crippen LogP contribution in [-0.2, 0) is 9.59 Å². The van der Waals surface area contributed by atoms with Gasteiger partial charge in [0.2, 0.25) is 5.91 Å². The molecule has 1 fully saturated rings. The molecule has 0 radical (unpaired) electrons. The number of nitrogens with zero attached hydrogens (tertiary/aromatic N) is 1. The van der Waals surface area contributed by atoms with Crippen LogP contribution in [-0.4, -0.2) is 30.3 Å². The first kappa shape index (κ1) is 13.0. The lowest BCUT2D eigenvalue weighted by molar-refractivity contribution is -0.139. The number of anilines is 1. The predicted octanol–water partition coefficient (Wildman–Crippen LogP) is 2.09. The number of carbonyl (C=O) groups excluding carboxylic acids is 1. The summed E-state index contributed by atoms with van der Waals surface area (Å²) in [7, 11) is 1.69. The first-order valence-corrected chi connectivity index (χ1v) is 6.91. The second-order valence-corrected chi connectivity index (χ2v) is 5.26. The molecule has 2 rings (SSSR count). The minimum Gasteiger partial charge on any atom is -0.481 e. The fourth-order valence-corrected chi connectivity index (χ4v) is 2.33. The third-order valence-electron chi connectivity index (χ3n) is 3.22. The van der Waals surface area contributed by atoms with E-state index in [0.717, 1.165) is 10.6 Å². The van der Waals surface area contributed by atoms with Crippen molar-refractivity contribution < 1.29 is 14.7 Å². The van der Waals surface area contributed by atoms with Gasteiger partial charge >= 0.3 is 5.97 Å². The number of amides is 1. The van der Waals surface area contributed by atoms with Crippen molar-refractivity contribution in [2.75, 3.05) is 18.2 Å². The zero-order chi connectivity index (χ0) is 13.3. The van der Waals surface area contributed by atoms with Crippen molar-refractivity contribution >= 4 is 29.3 Å². The molecule has 1 amide bonds. The molecule has 0 aliphatic heterocycles. The van der Waals surface area contributed by atoms with Crippen molar-refractivity contribution in [3.05, 3.63) is 24.3 Å². The molecule has 1 N–H and O–H groups in total. The Labute approximate surface area is 110 Å². The van der Waals surface area contributed by atoms with E-state index < -0.39 is 11.9 Å². The minimum atomic E-state index is -0.875. The van der Waals surface area contributed by atoms with Gasteiger partial charge in [-0.15, -0.1) is 11.8 Å². The maximum absolute atomic E-state index is 12.0. The molecule has 0 spiro atoms. The van der Waals surface area contributed by atoms with Gasteiger partial charge in [0.05, 0.1) is 11.8 Å². The van der Waals surface area contributed by atoms with Gasteiger partial charge in [0.25, 0.3) is 0 Å². The molecule has 0 heterocycles. The summed E-state index contributed by atoms with van der Waals surface area (Å²) in [5.74, 6) is -1.84. The molecule has 18 heavy (non-hydrogen) atoms. The molecule has 1 aromatic carbocycles. The fraction of sp³-hybridized carbons (Fsp3) is 0.385. The number of carboxylic acid groups (broad SMARTS) is 1. The predicted molar refractivity (Wildman–Crippen MR) is 70.9 cm³/mol. The Kier molecular flexibility index (Phi) is 3.61.